The summed E-state index contributed by atoms with van der Waals surface area (Å²) in [5.74, 6) is 0.242. The molecule has 0 fully saturated rings. The van der Waals surface area contributed by atoms with Crippen molar-refractivity contribution < 1.29 is 15.3 Å². The number of aliphatic hydroxyl groups excluding tert-OH is 1. The highest BCUT2D eigenvalue weighted by molar-refractivity contribution is 5.44. The van der Waals surface area contributed by atoms with Crippen LogP contribution in [0.4, 0.5) is 0 Å². The Balaban J connectivity index is 2.38. The lowest BCUT2D eigenvalue weighted by atomic mass is 10.1. The quantitative estimate of drug-likeness (QED) is 0.569. The van der Waals surface area contributed by atoms with Crippen molar-refractivity contribution in [1.82, 2.24) is 5.32 Å². The molecule has 4 N–H and O–H groups in total. The minimum absolute atomic E-state index is 0.0988. The van der Waals surface area contributed by atoms with Gasteiger partial charge in [-0.3, -0.25) is 0 Å². The van der Waals surface area contributed by atoms with Crippen molar-refractivity contribution in [2.45, 2.75) is 32.9 Å². The average Bonchev–Trinajstić information content (AvgIpc) is 2.23. The van der Waals surface area contributed by atoms with Gasteiger partial charge < -0.3 is 20.6 Å². The first kappa shape index (κ1) is 13.8. The summed E-state index contributed by atoms with van der Waals surface area (Å²) < 4.78 is 0. The Labute approximate surface area is 102 Å². The summed E-state index contributed by atoms with van der Waals surface area (Å²) >= 11 is 0. The van der Waals surface area contributed by atoms with Crippen molar-refractivity contribution in [3.8, 4) is 11.5 Å². The molecule has 0 aliphatic rings. The van der Waals surface area contributed by atoms with Crippen LogP contribution < -0.4 is 5.32 Å². The topological polar surface area (TPSA) is 72.7 Å². The number of aliphatic hydroxyl groups is 1. The fourth-order valence-electron chi connectivity index (χ4n) is 1.72. The molecule has 1 aromatic carbocycles. The maximum atomic E-state index is 9.65. The summed E-state index contributed by atoms with van der Waals surface area (Å²) in [5, 5.41) is 31.6. The molecule has 1 unspecified atom stereocenters. The molecule has 1 rings (SSSR count). The predicted octanol–water partition coefficient (Wildman–Crippen LogP) is 1.59. The van der Waals surface area contributed by atoms with Crippen LogP contribution in [0, 0.1) is 5.92 Å². The molecule has 0 aliphatic carbocycles. The number of nitrogens with one attached hydrogen (secondary N) is 1. The third-order valence-electron chi connectivity index (χ3n) is 2.54. The fraction of sp³-hybridized carbons (Fsp3) is 0.538. The molecule has 0 aliphatic heterocycles. The van der Waals surface area contributed by atoms with Gasteiger partial charge in [-0.05, 0) is 18.4 Å². The van der Waals surface area contributed by atoms with E-state index in [0.717, 1.165) is 6.42 Å². The molecule has 1 atom stereocenters. The van der Waals surface area contributed by atoms with Crippen molar-refractivity contribution in [3.05, 3.63) is 23.8 Å². The molecule has 4 nitrogen and oxygen atoms in total. The smallest absolute Gasteiger partial charge is 0.161 e. The molecule has 0 saturated heterocycles. The van der Waals surface area contributed by atoms with Crippen LogP contribution in [-0.2, 0) is 6.54 Å². The number of phenols is 2. The van der Waals surface area contributed by atoms with Crippen LogP contribution >= 0.6 is 0 Å². The Morgan fingerprint density at radius 1 is 1.24 bits per heavy atom. The fourth-order valence-corrected chi connectivity index (χ4v) is 1.72. The zero-order chi connectivity index (χ0) is 12.8. The van der Waals surface area contributed by atoms with Crippen LogP contribution in [0.25, 0.3) is 0 Å². The van der Waals surface area contributed by atoms with Gasteiger partial charge in [0.15, 0.2) is 11.5 Å². The van der Waals surface area contributed by atoms with Gasteiger partial charge in [0.2, 0.25) is 0 Å². The average molecular weight is 239 g/mol. The molecule has 0 spiro atoms. The summed E-state index contributed by atoms with van der Waals surface area (Å²) in [5.41, 5.74) is 0.627. The highest BCUT2D eigenvalue weighted by Crippen LogP contribution is 2.27. The standard InChI is InChI=1S/C13H21NO3/c1-9(2)6-11(15)8-14-7-10-4-3-5-12(16)13(10)17/h3-5,9,11,14-17H,6-8H2,1-2H3. The molecule has 0 radical (unpaired) electrons. The van der Waals surface area contributed by atoms with Gasteiger partial charge in [-0.1, -0.05) is 26.0 Å². The van der Waals surface area contributed by atoms with E-state index in [9.17, 15) is 15.3 Å². The number of aromatic hydroxyl groups is 2. The molecule has 96 valence electrons. The van der Waals surface area contributed by atoms with Crippen LogP contribution in [-0.4, -0.2) is 28.0 Å². The van der Waals surface area contributed by atoms with E-state index in [1.165, 1.54) is 6.07 Å². The van der Waals surface area contributed by atoms with Gasteiger partial charge >= 0.3 is 0 Å². The van der Waals surface area contributed by atoms with Crippen molar-refractivity contribution in [3.63, 3.8) is 0 Å². The van der Waals surface area contributed by atoms with Gasteiger partial charge in [0, 0.05) is 18.7 Å². The molecule has 17 heavy (non-hydrogen) atoms. The van der Waals surface area contributed by atoms with Gasteiger partial charge in [-0.2, -0.15) is 0 Å². The molecule has 1 aromatic rings. The second-order valence-corrected chi connectivity index (χ2v) is 4.70. The number of hydrogen-bond acceptors (Lipinski definition) is 4. The van der Waals surface area contributed by atoms with E-state index in [1.54, 1.807) is 12.1 Å². The lowest BCUT2D eigenvalue weighted by molar-refractivity contribution is 0.146. The third kappa shape index (κ3) is 4.63. The molecule has 0 saturated carbocycles. The van der Waals surface area contributed by atoms with E-state index >= 15 is 0 Å². The van der Waals surface area contributed by atoms with Crippen LogP contribution in [0.15, 0.2) is 18.2 Å². The van der Waals surface area contributed by atoms with Crippen molar-refractivity contribution >= 4 is 0 Å². The number of para-hydroxylation sites is 1. The van der Waals surface area contributed by atoms with E-state index in [4.69, 9.17) is 0 Å². The minimum atomic E-state index is -0.380. The van der Waals surface area contributed by atoms with Crippen LogP contribution in [0.2, 0.25) is 0 Å². The van der Waals surface area contributed by atoms with Gasteiger partial charge in [-0.25, -0.2) is 0 Å². The Bertz CT molecular complexity index is 353. The van der Waals surface area contributed by atoms with Crippen molar-refractivity contribution in [2.75, 3.05) is 6.54 Å². The van der Waals surface area contributed by atoms with Gasteiger partial charge in [0.05, 0.1) is 6.10 Å². The predicted molar refractivity (Wildman–Crippen MR) is 66.9 cm³/mol. The Kier molecular flexibility index (Phi) is 5.25. The number of phenolic OH excluding ortho intramolecular Hbond substituents is 2. The molecule has 0 aromatic heterocycles. The molecular formula is C13H21NO3. The molecule has 0 bridgehead atoms. The normalized spacial score (nSPS) is 12.9. The van der Waals surface area contributed by atoms with Crippen LogP contribution in [0.1, 0.15) is 25.8 Å². The number of benzene rings is 1. The maximum Gasteiger partial charge on any atom is 0.161 e. The van der Waals surface area contributed by atoms with Gasteiger partial charge in [-0.15, -0.1) is 0 Å². The molecule has 0 heterocycles. The molecular weight excluding hydrogens is 218 g/mol. The highest BCUT2D eigenvalue weighted by Gasteiger charge is 2.08. The summed E-state index contributed by atoms with van der Waals surface area (Å²) in [4.78, 5) is 0. The van der Waals surface area contributed by atoms with Crippen molar-refractivity contribution in [1.29, 1.82) is 0 Å². The first-order valence-corrected chi connectivity index (χ1v) is 5.89. The first-order valence-electron chi connectivity index (χ1n) is 5.89. The van der Waals surface area contributed by atoms with E-state index in [2.05, 4.69) is 19.2 Å². The van der Waals surface area contributed by atoms with Gasteiger partial charge in [0.25, 0.3) is 0 Å². The summed E-state index contributed by atoms with van der Waals surface area (Å²) in [6.07, 6.45) is 0.369. The summed E-state index contributed by atoms with van der Waals surface area (Å²) in [6.45, 7) is 5.03. The highest BCUT2D eigenvalue weighted by atomic mass is 16.3. The largest absolute Gasteiger partial charge is 0.504 e. The third-order valence-corrected chi connectivity index (χ3v) is 2.54. The number of hydrogen-bond donors (Lipinski definition) is 4. The lowest BCUT2D eigenvalue weighted by Crippen LogP contribution is -2.27. The Hall–Kier alpha value is -1.26. The van der Waals surface area contributed by atoms with E-state index in [0.29, 0.717) is 24.6 Å². The Morgan fingerprint density at radius 3 is 2.59 bits per heavy atom. The second-order valence-electron chi connectivity index (χ2n) is 4.70. The SMILES string of the molecule is CC(C)CC(O)CNCc1cccc(O)c1O. The van der Waals surface area contributed by atoms with Crippen LogP contribution in [0.5, 0.6) is 11.5 Å². The lowest BCUT2D eigenvalue weighted by Gasteiger charge is -2.14. The zero-order valence-electron chi connectivity index (χ0n) is 10.3. The zero-order valence-corrected chi connectivity index (χ0v) is 10.3. The minimum Gasteiger partial charge on any atom is -0.504 e. The first-order chi connectivity index (χ1) is 8.00. The Morgan fingerprint density at radius 2 is 1.94 bits per heavy atom. The van der Waals surface area contributed by atoms with E-state index < -0.39 is 0 Å². The van der Waals surface area contributed by atoms with E-state index in [1.807, 2.05) is 0 Å². The van der Waals surface area contributed by atoms with Crippen LogP contribution in [0.3, 0.4) is 0 Å². The second kappa shape index (κ2) is 6.47. The maximum absolute atomic E-state index is 9.65. The van der Waals surface area contributed by atoms with Gasteiger partial charge in [0.1, 0.15) is 0 Å². The molecule has 0 amide bonds. The van der Waals surface area contributed by atoms with E-state index in [-0.39, 0.29) is 17.6 Å². The monoisotopic (exact) mass is 239 g/mol. The molecule has 4 heteroatoms. The summed E-state index contributed by atoms with van der Waals surface area (Å²) in [7, 11) is 0. The summed E-state index contributed by atoms with van der Waals surface area (Å²) in [6, 6.07) is 4.85. The van der Waals surface area contributed by atoms with Crippen molar-refractivity contribution in [2.24, 2.45) is 5.92 Å². The number of rotatable bonds is 6.